The number of nitriles is 1. The first-order chi connectivity index (χ1) is 9.60. The number of halogens is 1. The van der Waals surface area contributed by atoms with Crippen LogP contribution in [0.2, 0.25) is 5.02 Å². The van der Waals surface area contributed by atoms with Gasteiger partial charge in [0.2, 0.25) is 5.91 Å². The minimum Gasteiger partial charge on any atom is -0.454 e. The van der Waals surface area contributed by atoms with Crippen LogP contribution in [0.25, 0.3) is 0 Å². The van der Waals surface area contributed by atoms with E-state index >= 15 is 0 Å². The second kappa shape index (κ2) is 6.09. The Bertz CT molecular complexity index is 693. The number of amides is 1. The van der Waals surface area contributed by atoms with Crippen LogP contribution < -0.4 is 10.1 Å². The number of rotatable bonds is 3. The predicted molar refractivity (Wildman–Crippen MR) is 77.0 cm³/mol. The number of nitrogens with zero attached hydrogens (tertiary/aromatic N) is 1. The van der Waals surface area contributed by atoms with Gasteiger partial charge < -0.3 is 10.1 Å². The fourth-order valence-electron chi connectivity index (χ4n) is 1.64. The summed E-state index contributed by atoms with van der Waals surface area (Å²) in [6.45, 7) is 1.41. The topological polar surface area (TPSA) is 62.1 Å². The number of ether oxygens (including phenoxy) is 1. The fraction of sp³-hybridized carbons (Fsp3) is 0.0667. The Labute approximate surface area is 121 Å². The van der Waals surface area contributed by atoms with E-state index in [1.54, 1.807) is 42.5 Å². The highest BCUT2D eigenvalue weighted by atomic mass is 35.5. The maximum absolute atomic E-state index is 11.2. The molecule has 4 nitrogen and oxygen atoms in total. The van der Waals surface area contributed by atoms with Gasteiger partial charge in [-0.2, -0.15) is 5.26 Å². The lowest BCUT2D eigenvalue weighted by atomic mass is 10.2. The normalized spacial score (nSPS) is 9.65. The lowest BCUT2D eigenvalue weighted by Gasteiger charge is -2.12. The smallest absolute Gasteiger partial charge is 0.221 e. The van der Waals surface area contributed by atoms with Gasteiger partial charge in [0, 0.05) is 18.0 Å². The van der Waals surface area contributed by atoms with Crippen molar-refractivity contribution < 1.29 is 9.53 Å². The molecule has 0 unspecified atom stereocenters. The van der Waals surface area contributed by atoms with E-state index in [9.17, 15) is 4.79 Å². The van der Waals surface area contributed by atoms with Crippen molar-refractivity contribution in [1.29, 1.82) is 5.26 Å². The summed E-state index contributed by atoms with van der Waals surface area (Å²) in [6, 6.07) is 13.8. The third kappa shape index (κ3) is 3.28. The summed E-state index contributed by atoms with van der Waals surface area (Å²) in [5, 5.41) is 12.2. The molecule has 1 N–H and O–H groups in total. The van der Waals surface area contributed by atoms with E-state index in [0.29, 0.717) is 27.8 Å². The minimum atomic E-state index is -0.201. The van der Waals surface area contributed by atoms with E-state index in [2.05, 4.69) is 5.32 Å². The molecule has 2 rings (SSSR count). The third-order valence-corrected chi connectivity index (χ3v) is 2.72. The van der Waals surface area contributed by atoms with Gasteiger partial charge in [-0.15, -0.1) is 0 Å². The first-order valence-corrected chi connectivity index (χ1v) is 6.22. The number of anilines is 1. The molecule has 5 heteroatoms. The van der Waals surface area contributed by atoms with Crippen LogP contribution in [0.15, 0.2) is 42.5 Å². The molecule has 0 aromatic heterocycles. The van der Waals surface area contributed by atoms with Crippen molar-refractivity contribution in [2.45, 2.75) is 6.92 Å². The molecule has 0 aliphatic heterocycles. The Morgan fingerprint density at radius 2 is 2.00 bits per heavy atom. The number of carbonyl (C=O) groups excluding carboxylic acids is 1. The van der Waals surface area contributed by atoms with Crippen molar-refractivity contribution >= 4 is 23.2 Å². The van der Waals surface area contributed by atoms with Gasteiger partial charge in [-0.05, 0) is 24.3 Å². The van der Waals surface area contributed by atoms with Crippen molar-refractivity contribution in [1.82, 2.24) is 0 Å². The lowest BCUT2D eigenvalue weighted by Crippen LogP contribution is -2.06. The number of nitrogens with one attached hydrogen (secondary N) is 1. The molecule has 0 saturated heterocycles. The Balaban J connectivity index is 2.38. The van der Waals surface area contributed by atoms with Crippen molar-refractivity contribution in [3.63, 3.8) is 0 Å². The molecule has 0 aliphatic carbocycles. The Kier molecular flexibility index (Phi) is 4.24. The maximum Gasteiger partial charge on any atom is 0.221 e. The van der Waals surface area contributed by atoms with Gasteiger partial charge in [0.05, 0.1) is 11.3 Å². The highest BCUT2D eigenvalue weighted by molar-refractivity contribution is 6.30. The third-order valence-electron chi connectivity index (χ3n) is 2.48. The zero-order chi connectivity index (χ0) is 14.5. The van der Waals surface area contributed by atoms with Crippen molar-refractivity contribution in [3.8, 4) is 17.6 Å². The van der Waals surface area contributed by atoms with Crippen LogP contribution in [0.4, 0.5) is 5.69 Å². The molecule has 0 aliphatic rings. The molecule has 0 spiro atoms. The Morgan fingerprint density at radius 1 is 1.25 bits per heavy atom. The second-order valence-electron chi connectivity index (χ2n) is 4.03. The monoisotopic (exact) mass is 286 g/mol. The minimum absolute atomic E-state index is 0.201. The quantitative estimate of drug-likeness (QED) is 0.929. The molecule has 100 valence electrons. The van der Waals surface area contributed by atoms with Gasteiger partial charge in [-0.1, -0.05) is 23.7 Å². The summed E-state index contributed by atoms with van der Waals surface area (Å²) in [7, 11) is 0. The second-order valence-corrected chi connectivity index (χ2v) is 4.47. The van der Waals surface area contributed by atoms with Gasteiger partial charge in [0.1, 0.15) is 11.8 Å². The van der Waals surface area contributed by atoms with Crippen LogP contribution in [-0.4, -0.2) is 5.91 Å². The van der Waals surface area contributed by atoms with E-state index in [-0.39, 0.29) is 5.91 Å². The average Bonchev–Trinajstić information content (AvgIpc) is 2.41. The largest absolute Gasteiger partial charge is 0.454 e. The van der Waals surface area contributed by atoms with E-state index in [4.69, 9.17) is 21.6 Å². The number of hydrogen-bond acceptors (Lipinski definition) is 3. The average molecular weight is 287 g/mol. The maximum atomic E-state index is 11.2. The number of para-hydroxylation sites is 2. The molecular formula is C15H11ClN2O2. The highest BCUT2D eigenvalue weighted by Crippen LogP contribution is 2.32. The van der Waals surface area contributed by atoms with Gasteiger partial charge in [0.15, 0.2) is 5.75 Å². The van der Waals surface area contributed by atoms with E-state index in [1.165, 1.54) is 6.92 Å². The molecule has 2 aromatic rings. The molecule has 2 aromatic carbocycles. The summed E-state index contributed by atoms with van der Waals surface area (Å²) in [6.07, 6.45) is 0. The first kappa shape index (κ1) is 13.9. The van der Waals surface area contributed by atoms with Crippen molar-refractivity contribution in [2.24, 2.45) is 0 Å². The SMILES string of the molecule is CC(=O)Nc1ccccc1Oc1cc(Cl)ccc1C#N. The fourth-order valence-corrected chi connectivity index (χ4v) is 1.80. The standard InChI is InChI=1S/C15H11ClN2O2/c1-10(19)18-13-4-2-3-5-14(13)20-15-8-12(16)7-6-11(15)9-17/h2-8H,1H3,(H,18,19). The number of carbonyl (C=O) groups is 1. The molecule has 0 saturated carbocycles. The zero-order valence-electron chi connectivity index (χ0n) is 10.7. The molecule has 0 bridgehead atoms. The number of hydrogen-bond donors (Lipinski definition) is 1. The van der Waals surface area contributed by atoms with Crippen LogP contribution in [0.3, 0.4) is 0 Å². The molecule has 0 radical (unpaired) electrons. The van der Waals surface area contributed by atoms with E-state index in [1.807, 2.05) is 6.07 Å². The van der Waals surface area contributed by atoms with Gasteiger partial charge in [0.25, 0.3) is 0 Å². The first-order valence-electron chi connectivity index (χ1n) is 5.84. The summed E-state index contributed by atoms with van der Waals surface area (Å²) in [5.74, 6) is 0.590. The Morgan fingerprint density at radius 3 is 2.70 bits per heavy atom. The Hall–Kier alpha value is -2.51. The molecule has 1 amide bonds. The summed E-state index contributed by atoms with van der Waals surface area (Å²) in [5.41, 5.74) is 0.899. The summed E-state index contributed by atoms with van der Waals surface area (Å²) in [4.78, 5) is 11.2. The van der Waals surface area contributed by atoms with Crippen LogP contribution in [-0.2, 0) is 4.79 Å². The predicted octanol–water partition coefficient (Wildman–Crippen LogP) is 3.96. The lowest BCUT2D eigenvalue weighted by molar-refractivity contribution is -0.114. The van der Waals surface area contributed by atoms with Gasteiger partial charge in [-0.25, -0.2) is 0 Å². The van der Waals surface area contributed by atoms with E-state index in [0.717, 1.165) is 0 Å². The molecular weight excluding hydrogens is 276 g/mol. The summed E-state index contributed by atoms with van der Waals surface area (Å²) < 4.78 is 5.69. The van der Waals surface area contributed by atoms with Gasteiger partial charge >= 0.3 is 0 Å². The van der Waals surface area contributed by atoms with Crippen molar-refractivity contribution in [2.75, 3.05) is 5.32 Å². The molecule has 0 atom stereocenters. The molecule has 0 fully saturated rings. The van der Waals surface area contributed by atoms with Crippen LogP contribution >= 0.6 is 11.6 Å². The van der Waals surface area contributed by atoms with Crippen LogP contribution in [0, 0.1) is 11.3 Å². The highest BCUT2D eigenvalue weighted by Gasteiger charge is 2.09. The van der Waals surface area contributed by atoms with E-state index < -0.39 is 0 Å². The summed E-state index contributed by atoms with van der Waals surface area (Å²) >= 11 is 5.90. The molecule has 20 heavy (non-hydrogen) atoms. The molecule has 0 heterocycles. The van der Waals surface area contributed by atoms with Crippen LogP contribution in [0.5, 0.6) is 11.5 Å². The van der Waals surface area contributed by atoms with Gasteiger partial charge in [-0.3, -0.25) is 4.79 Å². The van der Waals surface area contributed by atoms with Crippen LogP contribution in [0.1, 0.15) is 12.5 Å². The zero-order valence-corrected chi connectivity index (χ0v) is 11.4. The number of benzene rings is 2. The van der Waals surface area contributed by atoms with Crippen molar-refractivity contribution in [3.05, 3.63) is 53.1 Å².